The Kier molecular flexibility index (Phi) is 5.26. The maximum absolute atomic E-state index is 13.5. The van der Waals surface area contributed by atoms with E-state index in [4.69, 9.17) is 0 Å². The molecule has 1 aliphatic heterocycles. The predicted octanol–water partition coefficient (Wildman–Crippen LogP) is 5.12. The van der Waals surface area contributed by atoms with Gasteiger partial charge in [0.1, 0.15) is 0 Å². The van der Waals surface area contributed by atoms with Crippen LogP contribution in [0.1, 0.15) is 70.9 Å². The highest BCUT2D eigenvalue weighted by molar-refractivity contribution is 5.89. The van der Waals surface area contributed by atoms with Gasteiger partial charge >= 0.3 is 0 Å². The molecule has 2 unspecified atom stereocenters. The number of carbonyl (C=O) groups is 2. The summed E-state index contributed by atoms with van der Waals surface area (Å²) in [6.07, 6.45) is 10.8. The Labute approximate surface area is 192 Å². The van der Waals surface area contributed by atoms with Crippen LogP contribution in [0, 0.1) is 34.5 Å². The molecule has 0 spiro atoms. The molecule has 3 aliphatic carbocycles. The van der Waals surface area contributed by atoms with Crippen LogP contribution < -0.4 is 5.32 Å². The summed E-state index contributed by atoms with van der Waals surface area (Å²) in [5, 5.41) is 3.34. The third-order valence-corrected chi connectivity index (χ3v) is 10.1. The molecule has 8 atom stereocenters. The van der Waals surface area contributed by atoms with Gasteiger partial charge in [0.25, 0.3) is 0 Å². The molecule has 4 aliphatic rings. The van der Waals surface area contributed by atoms with Gasteiger partial charge in [-0.3, -0.25) is 9.59 Å². The van der Waals surface area contributed by atoms with Crippen molar-refractivity contribution in [2.24, 2.45) is 34.5 Å². The Bertz CT molecular complexity index is 927. The fourth-order valence-corrected chi connectivity index (χ4v) is 8.31. The standard InChI is InChI=1S/C28H38N2O2/c1-18(19-8-6-5-7-9-19)29-26(32)23-12-11-21-20-10-13-24-28(3,17-15-25(31)30(24)4)22(20)14-16-27(21,23)2/h5-9,15,17-18,20-24H,10-14,16H2,1-4H3,(H,29,32)/t18-,20+,21+,22-,23?,24?,27+,28-/m1/s1. The summed E-state index contributed by atoms with van der Waals surface area (Å²) in [7, 11) is 1.98. The summed E-state index contributed by atoms with van der Waals surface area (Å²) in [5.41, 5.74) is 1.32. The monoisotopic (exact) mass is 434 g/mol. The van der Waals surface area contributed by atoms with E-state index in [0.717, 1.165) is 32.1 Å². The molecule has 1 aromatic carbocycles. The Balaban J connectivity index is 1.34. The number of fused-ring (bicyclic) bond motifs is 5. The molecular weight excluding hydrogens is 396 g/mol. The van der Waals surface area contributed by atoms with Gasteiger partial charge in [0.2, 0.25) is 11.8 Å². The molecule has 4 heteroatoms. The third kappa shape index (κ3) is 3.16. The van der Waals surface area contributed by atoms with Crippen molar-refractivity contribution in [1.82, 2.24) is 10.2 Å². The van der Waals surface area contributed by atoms with E-state index >= 15 is 0 Å². The lowest BCUT2D eigenvalue weighted by molar-refractivity contribution is -0.142. The predicted molar refractivity (Wildman–Crippen MR) is 127 cm³/mol. The molecule has 3 saturated carbocycles. The number of carbonyl (C=O) groups excluding carboxylic acids is 2. The zero-order valence-electron chi connectivity index (χ0n) is 20.0. The van der Waals surface area contributed by atoms with Crippen LogP contribution in [0.3, 0.4) is 0 Å². The smallest absolute Gasteiger partial charge is 0.246 e. The van der Waals surface area contributed by atoms with Gasteiger partial charge in [0.15, 0.2) is 0 Å². The van der Waals surface area contributed by atoms with Crippen LogP contribution in [-0.2, 0) is 9.59 Å². The van der Waals surface area contributed by atoms with Gasteiger partial charge in [-0.05, 0) is 80.3 Å². The van der Waals surface area contributed by atoms with Gasteiger partial charge in [-0.15, -0.1) is 0 Å². The van der Waals surface area contributed by atoms with Gasteiger partial charge in [0, 0.05) is 24.4 Å². The van der Waals surface area contributed by atoms with E-state index in [9.17, 15) is 9.59 Å². The van der Waals surface area contributed by atoms with E-state index in [-0.39, 0.29) is 34.6 Å². The van der Waals surface area contributed by atoms with Crippen LogP contribution in [0.2, 0.25) is 0 Å². The summed E-state index contributed by atoms with van der Waals surface area (Å²) in [4.78, 5) is 27.7. The summed E-state index contributed by atoms with van der Waals surface area (Å²) < 4.78 is 0. The van der Waals surface area contributed by atoms with E-state index in [1.165, 1.54) is 12.0 Å². The number of nitrogens with one attached hydrogen (secondary N) is 1. The van der Waals surface area contributed by atoms with Crippen molar-refractivity contribution in [2.75, 3.05) is 7.05 Å². The first-order valence-corrected chi connectivity index (χ1v) is 12.6. The lowest BCUT2D eigenvalue weighted by atomic mass is 9.47. The van der Waals surface area contributed by atoms with E-state index in [1.807, 2.05) is 36.2 Å². The zero-order valence-corrected chi connectivity index (χ0v) is 20.0. The molecule has 1 heterocycles. The van der Waals surface area contributed by atoms with Gasteiger partial charge in [0.05, 0.1) is 6.04 Å². The Morgan fingerprint density at radius 3 is 2.56 bits per heavy atom. The molecule has 0 bridgehead atoms. The molecule has 0 radical (unpaired) electrons. The van der Waals surface area contributed by atoms with Crippen LogP contribution in [0.15, 0.2) is 42.5 Å². The van der Waals surface area contributed by atoms with Gasteiger partial charge in [-0.25, -0.2) is 0 Å². The molecular formula is C28H38N2O2. The topological polar surface area (TPSA) is 49.4 Å². The third-order valence-electron chi connectivity index (χ3n) is 10.1. The quantitative estimate of drug-likeness (QED) is 0.718. The minimum atomic E-state index is 0.0393. The maximum Gasteiger partial charge on any atom is 0.246 e. The normalized spacial score (nSPS) is 41.4. The number of hydrogen-bond acceptors (Lipinski definition) is 2. The van der Waals surface area contributed by atoms with Crippen molar-refractivity contribution in [3.05, 3.63) is 48.0 Å². The van der Waals surface area contributed by atoms with Crippen LogP contribution in [0.4, 0.5) is 0 Å². The van der Waals surface area contributed by atoms with Crippen molar-refractivity contribution < 1.29 is 9.59 Å². The summed E-state index contributed by atoms with van der Waals surface area (Å²) >= 11 is 0. The molecule has 2 amide bonds. The molecule has 1 aromatic rings. The molecule has 3 fully saturated rings. The molecule has 5 rings (SSSR count). The van der Waals surface area contributed by atoms with Crippen molar-refractivity contribution in [2.45, 2.75) is 71.4 Å². The first-order valence-electron chi connectivity index (χ1n) is 12.6. The second-order valence-corrected chi connectivity index (χ2v) is 11.4. The lowest BCUT2D eigenvalue weighted by Gasteiger charge is -2.60. The fraction of sp³-hybridized carbons (Fsp3) is 0.643. The highest BCUT2D eigenvalue weighted by Gasteiger charge is 2.61. The van der Waals surface area contributed by atoms with Crippen LogP contribution >= 0.6 is 0 Å². The van der Waals surface area contributed by atoms with Crippen LogP contribution in [0.25, 0.3) is 0 Å². The number of nitrogens with zero attached hydrogens (tertiary/aromatic N) is 1. The molecule has 1 N–H and O–H groups in total. The summed E-state index contributed by atoms with van der Waals surface area (Å²) in [6, 6.07) is 10.6. The highest BCUT2D eigenvalue weighted by Crippen LogP contribution is 2.65. The van der Waals surface area contributed by atoms with Gasteiger partial charge in [-0.2, -0.15) is 0 Å². The van der Waals surface area contributed by atoms with Crippen molar-refractivity contribution in [3.63, 3.8) is 0 Å². The van der Waals surface area contributed by atoms with E-state index in [1.54, 1.807) is 0 Å². The number of amides is 2. The molecule has 32 heavy (non-hydrogen) atoms. The average Bonchev–Trinajstić information content (AvgIpc) is 3.14. The Morgan fingerprint density at radius 1 is 1.06 bits per heavy atom. The van der Waals surface area contributed by atoms with E-state index < -0.39 is 0 Å². The van der Waals surface area contributed by atoms with Crippen molar-refractivity contribution in [3.8, 4) is 0 Å². The first-order chi connectivity index (χ1) is 15.3. The fourth-order valence-electron chi connectivity index (χ4n) is 8.31. The van der Waals surface area contributed by atoms with Crippen molar-refractivity contribution >= 4 is 11.8 Å². The van der Waals surface area contributed by atoms with Gasteiger partial charge < -0.3 is 10.2 Å². The SMILES string of the molecule is C[C@@H](NC(=O)C1CC[C@H]2[C@@H]3CCC4N(C)C(=O)C=C[C@]4(C)[C@@H]3CC[C@]12C)c1ccccc1. The van der Waals surface area contributed by atoms with Crippen LogP contribution in [0.5, 0.6) is 0 Å². The van der Waals surface area contributed by atoms with Gasteiger partial charge in [-0.1, -0.05) is 50.3 Å². The van der Waals surface area contributed by atoms with Crippen molar-refractivity contribution in [1.29, 1.82) is 0 Å². The average molecular weight is 435 g/mol. The summed E-state index contributed by atoms with van der Waals surface area (Å²) in [5.74, 6) is 2.38. The van der Waals surface area contributed by atoms with E-state index in [0.29, 0.717) is 23.8 Å². The highest BCUT2D eigenvalue weighted by atomic mass is 16.2. The zero-order chi connectivity index (χ0) is 22.7. The molecule has 4 nitrogen and oxygen atoms in total. The minimum Gasteiger partial charge on any atom is -0.349 e. The Morgan fingerprint density at radius 2 is 1.81 bits per heavy atom. The molecule has 0 aromatic heterocycles. The number of hydrogen-bond donors (Lipinski definition) is 1. The van der Waals surface area contributed by atoms with E-state index in [2.05, 4.69) is 44.3 Å². The minimum absolute atomic E-state index is 0.0393. The molecule has 172 valence electrons. The Hall–Kier alpha value is -2.10. The number of likely N-dealkylation sites (N-methyl/N-ethyl adjacent to an activating group) is 1. The number of benzene rings is 1. The largest absolute Gasteiger partial charge is 0.349 e. The van der Waals surface area contributed by atoms with Crippen LogP contribution in [-0.4, -0.2) is 29.8 Å². The summed E-state index contributed by atoms with van der Waals surface area (Å²) in [6.45, 7) is 6.88. The molecule has 0 saturated heterocycles. The maximum atomic E-state index is 13.5. The first kappa shape index (κ1) is 21.7. The second kappa shape index (κ2) is 7.74. The lowest BCUT2D eigenvalue weighted by Crippen LogP contribution is -2.59. The number of rotatable bonds is 3. The second-order valence-electron chi connectivity index (χ2n) is 11.4.